The van der Waals surface area contributed by atoms with E-state index in [0.717, 1.165) is 12.1 Å². The number of alkyl halides is 6. The third-order valence-electron chi connectivity index (χ3n) is 3.09. The van der Waals surface area contributed by atoms with Gasteiger partial charge in [0.1, 0.15) is 5.82 Å². The highest BCUT2D eigenvalue weighted by molar-refractivity contribution is 5.78. The molecular formula is C15H7F7O. The Morgan fingerprint density at radius 3 is 1.96 bits per heavy atom. The largest absolute Gasteiger partial charge is 0.417 e. The molecular weight excluding hydrogens is 329 g/mol. The number of hydrogen-bond donors (Lipinski definition) is 0. The minimum absolute atomic E-state index is 0.149. The average molecular weight is 336 g/mol. The first-order chi connectivity index (χ1) is 10.5. The molecule has 0 aromatic heterocycles. The first-order valence-corrected chi connectivity index (χ1v) is 6.07. The Labute approximate surface area is 125 Å². The van der Waals surface area contributed by atoms with Gasteiger partial charge in [-0.05, 0) is 41.5 Å². The van der Waals surface area contributed by atoms with Crippen LogP contribution in [0.2, 0.25) is 0 Å². The molecule has 1 nitrogen and oxygen atoms in total. The second-order valence-corrected chi connectivity index (χ2v) is 4.61. The summed E-state index contributed by atoms with van der Waals surface area (Å²) in [5.41, 5.74) is -4.26. The molecule has 2 rings (SSSR count). The van der Waals surface area contributed by atoms with E-state index in [1.54, 1.807) is 0 Å². The van der Waals surface area contributed by atoms with E-state index in [1.165, 1.54) is 0 Å². The zero-order valence-corrected chi connectivity index (χ0v) is 11.1. The first-order valence-electron chi connectivity index (χ1n) is 6.07. The van der Waals surface area contributed by atoms with Gasteiger partial charge in [0.2, 0.25) is 0 Å². The Balaban J connectivity index is 2.71. The smallest absolute Gasteiger partial charge is 0.298 e. The lowest BCUT2D eigenvalue weighted by atomic mass is 9.95. The predicted octanol–water partition coefficient (Wildman–Crippen LogP) is 5.34. The van der Waals surface area contributed by atoms with Gasteiger partial charge in [0.25, 0.3) is 0 Å². The van der Waals surface area contributed by atoms with Gasteiger partial charge in [-0.3, -0.25) is 4.79 Å². The van der Waals surface area contributed by atoms with Crippen LogP contribution in [0.5, 0.6) is 0 Å². The van der Waals surface area contributed by atoms with Gasteiger partial charge in [-0.1, -0.05) is 6.07 Å². The minimum Gasteiger partial charge on any atom is -0.298 e. The van der Waals surface area contributed by atoms with Crippen LogP contribution in [0.3, 0.4) is 0 Å². The fourth-order valence-corrected chi connectivity index (χ4v) is 2.00. The molecule has 0 atom stereocenters. The second-order valence-electron chi connectivity index (χ2n) is 4.61. The summed E-state index contributed by atoms with van der Waals surface area (Å²) in [5.74, 6) is -1.12. The topological polar surface area (TPSA) is 17.1 Å². The summed E-state index contributed by atoms with van der Waals surface area (Å²) in [6, 6.07) is 3.36. The number of hydrogen-bond acceptors (Lipinski definition) is 1. The Morgan fingerprint density at radius 2 is 1.48 bits per heavy atom. The Bertz CT molecular complexity index is 744. The molecule has 122 valence electrons. The maximum absolute atomic E-state index is 13.6. The van der Waals surface area contributed by atoms with E-state index in [0.29, 0.717) is 24.3 Å². The van der Waals surface area contributed by atoms with Crippen molar-refractivity contribution in [1.82, 2.24) is 0 Å². The molecule has 2 aromatic rings. The van der Waals surface area contributed by atoms with E-state index in [1.807, 2.05) is 0 Å². The van der Waals surface area contributed by atoms with Crippen LogP contribution < -0.4 is 0 Å². The van der Waals surface area contributed by atoms with E-state index in [-0.39, 0.29) is 6.29 Å². The van der Waals surface area contributed by atoms with E-state index in [9.17, 15) is 35.5 Å². The van der Waals surface area contributed by atoms with Crippen molar-refractivity contribution in [2.24, 2.45) is 0 Å². The number of rotatable bonds is 2. The molecule has 23 heavy (non-hydrogen) atoms. The van der Waals surface area contributed by atoms with Gasteiger partial charge in [0, 0.05) is 0 Å². The third-order valence-corrected chi connectivity index (χ3v) is 3.09. The van der Waals surface area contributed by atoms with Crippen LogP contribution in [0.1, 0.15) is 21.5 Å². The molecule has 0 amide bonds. The van der Waals surface area contributed by atoms with Crippen LogP contribution in [0.25, 0.3) is 11.1 Å². The van der Waals surface area contributed by atoms with Crippen molar-refractivity contribution < 1.29 is 35.5 Å². The van der Waals surface area contributed by atoms with Gasteiger partial charge in [-0.2, -0.15) is 26.3 Å². The average Bonchev–Trinajstić information content (AvgIpc) is 2.44. The number of halogens is 7. The molecule has 8 heteroatoms. The highest BCUT2D eigenvalue weighted by atomic mass is 19.4. The predicted molar refractivity (Wildman–Crippen MR) is 67.2 cm³/mol. The fourth-order valence-electron chi connectivity index (χ4n) is 2.00. The monoisotopic (exact) mass is 336 g/mol. The van der Waals surface area contributed by atoms with Crippen molar-refractivity contribution in [1.29, 1.82) is 0 Å². The standard InChI is InChI=1S/C15H7F7O/c16-13-5-8(1-2-9(13)7-23)11-6-10(14(17,18)19)3-4-12(11)15(20,21)22/h1-7H. The summed E-state index contributed by atoms with van der Waals surface area (Å²) >= 11 is 0. The maximum atomic E-state index is 13.6. The summed E-state index contributed by atoms with van der Waals surface area (Å²) in [7, 11) is 0. The molecule has 0 saturated heterocycles. The first kappa shape index (κ1) is 17.0. The quantitative estimate of drug-likeness (QED) is 0.534. The van der Waals surface area contributed by atoms with Crippen molar-refractivity contribution in [3.8, 4) is 11.1 Å². The summed E-state index contributed by atoms with van der Waals surface area (Å²) in [5, 5.41) is 0. The molecule has 0 fully saturated rings. The number of carbonyl (C=O) groups is 1. The van der Waals surface area contributed by atoms with E-state index in [4.69, 9.17) is 0 Å². The Morgan fingerprint density at radius 1 is 0.826 bits per heavy atom. The highest BCUT2D eigenvalue weighted by Gasteiger charge is 2.37. The molecule has 0 aliphatic heterocycles. The maximum Gasteiger partial charge on any atom is 0.417 e. The molecule has 0 saturated carbocycles. The van der Waals surface area contributed by atoms with Gasteiger partial charge in [0.05, 0.1) is 16.7 Å². The zero-order valence-electron chi connectivity index (χ0n) is 11.1. The van der Waals surface area contributed by atoms with Crippen LogP contribution in [0, 0.1) is 5.82 Å². The van der Waals surface area contributed by atoms with Crippen molar-refractivity contribution in [3.05, 3.63) is 58.9 Å². The highest BCUT2D eigenvalue weighted by Crippen LogP contribution is 2.40. The summed E-state index contributed by atoms with van der Waals surface area (Å²) in [6.07, 6.45) is -9.62. The number of benzene rings is 2. The zero-order chi connectivity index (χ0) is 17.4. The molecule has 0 spiro atoms. The fraction of sp³-hybridized carbons (Fsp3) is 0.133. The minimum atomic E-state index is -4.92. The summed E-state index contributed by atoms with van der Waals surface area (Å²) in [4.78, 5) is 10.5. The number of carbonyl (C=O) groups excluding carboxylic acids is 1. The van der Waals surface area contributed by atoms with Crippen molar-refractivity contribution >= 4 is 6.29 Å². The SMILES string of the molecule is O=Cc1ccc(-c2cc(C(F)(F)F)ccc2C(F)(F)F)cc1F. The summed E-state index contributed by atoms with van der Waals surface area (Å²) < 4.78 is 90.6. The van der Waals surface area contributed by atoms with Gasteiger partial charge in [0.15, 0.2) is 6.29 Å². The molecule has 0 unspecified atom stereocenters. The number of aldehydes is 1. The normalized spacial score (nSPS) is 12.3. The lowest BCUT2D eigenvalue weighted by Crippen LogP contribution is -2.11. The van der Waals surface area contributed by atoms with Gasteiger partial charge in [-0.25, -0.2) is 4.39 Å². The van der Waals surface area contributed by atoms with E-state index < -0.39 is 46.0 Å². The van der Waals surface area contributed by atoms with Crippen molar-refractivity contribution in [2.75, 3.05) is 0 Å². The molecule has 0 N–H and O–H groups in total. The Hall–Kier alpha value is -2.38. The van der Waals surface area contributed by atoms with E-state index in [2.05, 4.69) is 0 Å². The van der Waals surface area contributed by atoms with Crippen LogP contribution >= 0.6 is 0 Å². The van der Waals surface area contributed by atoms with Gasteiger partial charge in [-0.15, -0.1) is 0 Å². The van der Waals surface area contributed by atoms with E-state index >= 15 is 0 Å². The van der Waals surface area contributed by atoms with Crippen molar-refractivity contribution in [2.45, 2.75) is 12.4 Å². The molecule has 0 radical (unpaired) electrons. The molecule has 2 aromatic carbocycles. The third kappa shape index (κ3) is 3.52. The molecule has 0 bridgehead atoms. The molecule has 0 aliphatic rings. The lowest BCUT2D eigenvalue weighted by molar-refractivity contribution is -0.141. The van der Waals surface area contributed by atoms with Crippen LogP contribution in [-0.4, -0.2) is 6.29 Å². The second kappa shape index (κ2) is 5.68. The lowest BCUT2D eigenvalue weighted by Gasteiger charge is -2.16. The molecule has 0 aliphatic carbocycles. The summed E-state index contributed by atoms with van der Waals surface area (Å²) in [6.45, 7) is 0. The van der Waals surface area contributed by atoms with Gasteiger partial charge >= 0.3 is 12.4 Å². The van der Waals surface area contributed by atoms with Crippen LogP contribution in [-0.2, 0) is 12.4 Å². The van der Waals surface area contributed by atoms with Gasteiger partial charge < -0.3 is 0 Å². The Kier molecular flexibility index (Phi) is 4.19. The molecule has 0 heterocycles. The van der Waals surface area contributed by atoms with Crippen molar-refractivity contribution in [3.63, 3.8) is 0 Å². The van der Waals surface area contributed by atoms with Crippen LogP contribution in [0.15, 0.2) is 36.4 Å². The van der Waals surface area contributed by atoms with Crippen LogP contribution in [0.4, 0.5) is 30.7 Å².